The van der Waals surface area contributed by atoms with Crippen LogP contribution in [-0.4, -0.2) is 4.98 Å². The van der Waals surface area contributed by atoms with Gasteiger partial charge in [-0.25, -0.2) is 4.57 Å². The Morgan fingerprint density at radius 3 is 2.53 bits per heavy atom. The van der Waals surface area contributed by atoms with E-state index in [4.69, 9.17) is 0 Å². The Hall–Kier alpha value is -1.70. The van der Waals surface area contributed by atoms with Gasteiger partial charge in [-0.15, -0.1) is 0 Å². The predicted octanol–water partition coefficient (Wildman–Crippen LogP) is 3.00. The summed E-state index contributed by atoms with van der Waals surface area (Å²) in [5.41, 5.74) is 5.02. The highest BCUT2D eigenvalue weighted by molar-refractivity contribution is 5.59. The highest BCUT2D eigenvalue weighted by atomic mass is 14.9. The van der Waals surface area contributed by atoms with Gasteiger partial charge < -0.3 is 0 Å². The van der Waals surface area contributed by atoms with Crippen molar-refractivity contribution in [3.8, 4) is 11.3 Å². The molecule has 88 valence electrons. The van der Waals surface area contributed by atoms with Crippen molar-refractivity contribution < 1.29 is 4.57 Å². The van der Waals surface area contributed by atoms with E-state index in [0.29, 0.717) is 5.92 Å². The molecule has 0 aromatic carbocycles. The molecule has 2 nitrogen and oxygen atoms in total. The number of aromatic nitrogens is 2. The molecule has 0 saturated heterocycles. The molecule has 0 radical (unpaired) electrons. The van der Waals surface area contributed by atoms with Gasteiger partial charge in [-0.2, -0.15) is 0 Å². The summed E-state index contributed by atoms with van der Waals surface area (Å²) >= 11 is 0. The molecule has 0 amide bonds. The molecular formula is C15H19N2+. The highest BCUT2D eigenvalue weighted by Gasteiger charge is 2.13. The molecule has 0 spiro atoms. The maximum absolute atomic E-state index is 4.21. The Labute approximate surface area is 103 Å². The zero-order chi connectivity index (χ0) is 12.4. The van der Waals surface area contributed by atoms with Crippen LogP contribution in [0.4, 0.5) is 0 Å². The van der Waals surface area contributed by atoms with Crippen molar-refractivity contribution in [2.24, 2.45) is 7.05 Å². The van der Waals surface area contributed by atoms with E-state index in [1.54, 1.807) is 0 Å². The van der Waals surface area contributed by atoms with E-state index in [1.807, 2.05) is 18.5 Å². The Bertz CT molecular complexity index is 530. The molecule has 2 heteroatoms. The summed E-state index contributed by atoms with van der Waals surface area (Å²) in [6.07, 6.45) is 5.97. The molecule has 0 saturated carbocycles. The lowest BCUT2D eigenvalue weighted by atomic mass is 10.0. The van der Waals surface area contributed by atoms with Crippen LogP contribution in [0.25, 0.3) is 11.3 Å². The molecule has 0 bridgehead atoms. The second-order valence-electron chi connectivity index (χ2n) is 4.80. The number of pyridine rings is 2. The van der Waals surface area contributed by atoms with Gasteiger partial charge >= 0.3 is 0 Å². The van der Waals surface area contributed by atoms with Crippen LogP contribution in [0.3, 0.4) is 0 Å². The van der Waals surface area contributed by atoms with Crippen molar-refractivity contribution in [2.75, 3.05) is 0 Å². The zero-order valence-corrected chi connectivity index (χ0v) is 10.9. The van der Waals surface area contributed by atoms with Crippen molar-refractivity contribution in [3.05, 3.63) is 47.9 Å². The van der Waals surface area contributed by atoms with Crippen LogP contribution >= 0.6 is 0 Å². The second kappa shape index (κ2) is 4.66. The van der Waals surface area contributed by atoms with Crippen LogP contribution in [0.2, 0.25) is 0 Å². The van der Waals surface area contributed by atoms with E-state index < -0.39 is 0 Å². The van der Waals surface area contributed by atoms with Crippen molar-refractivity contribution in [2.45, 2.75) is 26.7 Å². The Balaban J connectivity index is 2.51. The molecule has 2 aromatic heterocycles. The van der Waals surface area contributed by atoms with Crippen molar-refractivity contribution in [1.82, 2.24) is 4.98 Å². The molecule has 0 aliphatic heterocycles. The van der Waals surface area contributed by atoms with Gasteiger partial charge in [0.2, 0.25) is 5.69 Å². The summed E-state index contributed by atoms with van der Waals surface area (Å²) in [7, 11) is 2.09. The Kier molecular flexibility index (Phi) is 3.23. The zero-order valence-electron chi connectivity index (χ0n) is 10.9. The first-order valence-corrected chi connectivity index (χ1v) is 6.00. The van der Waals surface area contributed by atoms with E-state index in [9.17, 15) is 0 Å². The number of aryl methyl sites for hydroxylation is 2. The van der Waals surface area contributed by atoms with E-state index >= 15 is 0 Å². The summed E-state index contributed by atoms with van der Waals surface area (Å²) in [6.45, 7) is 6.54. The first-order chi connectivity index (χ1) is 8.09. The van der Waals surface area contributed by atoms with Crippen molar-refractivity contribution >= 4 is 0 Å². The SMILES string of the molecule is Cc1ccncc1-c1ccc(C(C)C)c[n+]1C. The summed E-state index contributed by atoms with van der Waals surface area (Å²) in [4.78, 5) is 4.21. The normalized spacial score (nSPS) is 10.9. The molecular weight excluding hydrogens is 208 g/mol. The first-order valence-electron chi connectivity index (χ1n) is 6.00. The van der Waals surface area contributed by atoms with Gasteiger partial charge in [0.1, 0.15) is 7.05 Å². The monoisotopic (exact) mass is 227 g/mol. The average molecular weight is 227 g/mol. The van der Waals surface area contributed by atoms with Crippen LogP contribution in [0.15, 0.2) is 36.8 Å². The quantitative estimate of drug-likeness (QED) is 0.721. The maximum atomic E-state index is 4.21. The minimum atomic E-state index is 0.560. The largest absolute Gasteiger partial charge is 0.264 e. The minimum absolute atomic E-state index is 0.560. The van der Waals surface area contributed by atoms with Crippen LogP contribution < -0.4 is 4.57 Å². The summed E-state index contributed by atoms with van der Waals surface area (Å²) in [5, 5.41) is 0. The topological polar surface area (TPSA) is 16.8 Å². The van der Waals surface area contributed by atoms with Crippen LogP contribution in [0.5, 0.6) is 0 Å². The van der Waals surface area contributed by atoms with E-state index in [2.05, 4.69) is 55.7 Å². The minimum Gasteiger partial charge on any atom is -0.264 e. The predicted molar refractivity (Wildman–Crippen MR) is 69.7 cm³/mol. The van der Waals surface area contributed by atoms with Crippen molar-refractivity contribution in [3.63, 3.8) is 0 Å². The summed E-state index contributed by atoms with van der Waals surface area (Å²) < 4.78 is 2.18. The third-order valence-electron chi connectivity index (χ3n) is 3.14. The highest BCUT2D eigenvalue weighted by Crippen LogP contribution is 2.20. The molecule has 0 aliphatic rings. The number of nitrogens with zero attached hydrogens (tertiary/aromatic N) is 2. The van der Waals surface area contributed by atoms with E-state index in [1.165, 1.54) is 22.4 Å². The molecule has 0 fully saturated rings. The maximum Gasteiger partial charge on any atom is 0.214 e. The fourth-order valence-electron chi connectivity index (χ4n) is 1.98. The van der Waals surface area contributed by atoms with Gasteiger partial charge in [-0.3, -0.25) is 4.98 Å². The third-order valence-corrected chi connectivity index (χ3v) is 3.14. The molecule has 2 heterocycles. The fourth-order valence-corrected chi connectivity index (χ4v) is 1.98. The van der Waals surface area contributed by atoms with Gasteiger partial charge in [0.25, 0.3) is 0 Å². The van der Waals surface area contributed by atoms with Crippen LogP contribution in [0, 0.1) is 6.92 Å². The molecule has 0 aliphatic carbocycles. The van der Waals surface area contributed by atoms with Crippen LogP contribution in [-0.2, 0) is 7.05 Å². The summed E-state index contributed by atoms with van der Waals surface area (Å²) in [5.74, 6) is 0.560. The molecule has 0 N–H and O–H groups in total. The lowest BCUT2D eigenvalue weighted by molar-refractivity contribution is -0.660. The van der Waals surface area contributed by atoms with Crippen LogP contribution in [0.1, 0.15) is 30.9 Å². The summed E-state index contributed by atoms with van der Waals surface area (Å²) in [6, 6.07) is 6.43. The van der Waals surface area contributed by atoms with Gasteiger partial charge in [-0.05, 0) is 30.5 Å². The van der Waals surface area contributed by atoms with E-state index in [0.717, 1.165) is 0 Å². The number of hydrogen-bond acceptors (Lipinski definition) is 1. The first kappa shape index (κ1) is 11.8. The lowest BCUT2D eigenvalue weighted by Gasteiger charge is -2.07. The van der Waals surface area contributed by atoms with Gasteiger partial charge in [0, 0.05) is 24.0 Å². The molecule has 2 rings (SSSR count). The average Bonchev–Trinajstić information content (AvgIpc) is 2.30. The number of rotatable bonds is 2. The molecule has 0 atom stereocenters. The molecule has 2 aromatic rings. The molecule has 17 heavy (non-hydrogen) atoms. The van der Waals surface area contributed by atoms with Gasteiger partial charge in [0.15, 0.2) is 6.20 Å². The fraction of sp³-hybridized carbons (Fsp3) is 0.333. The van der Waals surface area contributed by atoms with Crippen molar-refractivity contribution in [1.29, 1.82) is 0 Å². The lowest BCUT2D eigenvalue weighted by Crippen LogP contribution is -2.31. The number of hydrogen-bond donors (Lipinski definition) is 0. The van der Waals surface area contributed by atoms with E-state index in [-0.39, 0.29) is 0 Å². The smallest absolute Gasteiger partial charge is 0.214 e. The standard InChI is InChI=1S/C15H19N2/c1-11(2)13-5-6-15(17(4)10-13)14-9-16-8-7-12(14)3/h5-11H,1-4H3/q+1. The molecule has 0 unspecified atom stereocenters. The van der Waals surface area contributed by atoms with Gasteiger partial charge in [-0.1, -0.05) is 13.8 Å². The third kappa shape index (κ3) is 2.36. The van der Waals surface area contributed by atoms with Gasteiger partial charge in [0.05, 0.1) is 5.56 Å². The Morgan fingerprint density at radius 2 is 1.94 bits per heavy atom. The Morgan fingerprint density at radius 1 is 1.18 bits per heavy atom. The second-order valence-corrected chi connectivity index (χ2v) is 4.80.